The van der Waals surface area contributed by atoms with Crippen molar-refractivity contribution in [1.29, 1.82) is 0 Å². The van der Waals surface area contributed by atoms with E-state index in [0.29, 0.717) is 37.9 Å². The van der Waals surface area contributed by atoms with E-state index in [9.17, 15) is 35.1 Å². The second kappa shape index (κ2) is 24.4. The molecule has 1 aromatic heterocycles. The second-order valence-corrected chi connectivity index (χ2v) is 22.0. The minimum Gasteiger partial charge on any atom is -0.459 e. The lowest BCUT2D eigenvalue weighted by atomic mass is 9.72. The number of esters is 1. The van der Waals surface area contributed by atoms with Crippen LogP contribution in [0.3, 0.4) is 0 Å². The molecule has 19 atom stereocenters. The average Bonchev–Trinajstić information content (AvgIpc) is 3.81. The Balaban J connectivity index is 1.34. The van der Waals surface area contributed by atoms with Gasteiger partial charge in [0, 0.05) is 69.2 Å². The SMILES string of the molecule is C=C1CO[C@@H]2[C@@H](C)C(N=O)[C@H](C)C[C@@](C)(OC1)[C@H](O[C@@H]1O[C@H](C)C[C@H](N(C)CCc3cn(CCc4ccc([N+](=O)[O-])cc4)nn3)[C@H]1O)[C@@H](C)[C@H](OC1C[C@@](C)(OC)[C@@H](O)[C@H](C)O1)[C@@H](C)C(=O)O[C@H](CC)[C@@]2(C)O. The van der Waals surface area contributed by atoms with Crippen molar-refractivity contribution < 1.29 is 62.9 Å². The third-order valence-electron chi connectivity index (χ3n) is 16.2. The van der Waals surface area contributed by atoms with Crippen molar-refractivity contribution in [2.75, 3.05) is 33.9 Å². The van der Waals surface area contributed by atoms with E-state index in [0.717, 1.165) is 11.3 Å². The molecule has 4 aliphatic rings. The van der Waals surface area contributed by atoms with Crippen LogP contribution in [0.4, 0.5) is 5.69 Å². The molecule has 4 fully saturated rings. The summed E-state index contributed by atoms with van der Waals surface area (Å²) in [6.07, 6.45) is -5.82. The van der Waals surface area contributed by atoms with E-state index in [2.05, 4.69) is 22.1 Å². The summed E-state index contributed by atoms with van der Waals surface area (Å²) in [4.78, 5) is 40.5. The lowest BCUT2D eigenvalue weighted by molar-refractivity contribution is -0.384. The fourth-order valence-electron chi connectivity index (χ4n) is 11.7. The van der Waals surface area contributed by atoms with Gasteiger partial charge in [0.1, 0.15) is 23.9 Å². The summed E-state index contributed by atoms with van der Waals surface area (Å²) < 4.78 is 54.3. The third-order valence-corrected chi connectivity index (χ3v) is 16.2. The molecule has 0 saturated carbocycles. The summed E-state index contributed by atoms with van der Waals surface area (Å²) in [7, 11) is 3.43. The van der Waals surface area contributed by atoms with Crippen molar-refractivity contribution in [2.24, 2.45) is 28.8 Å². The van der Waals surface area contributed by atoms with Crippen molar-refractivity contribution in [3.05, 3.63) is 68.9 Å². The van der Waals surface area contributed by atoms with Gasteiger partial charge in [-0.05, 0) is 91.3 Å². The number of non-ortho nitro benzene ring substituents is 1. The van der Waals surface area contributed by atoms with Gasteiger partial charge in [0.05, 0.1) is 77.5 Å². The van der Waals surface area contributed by atoms with Crippen LogP contribution in [0.1, 0.15) is 106 Å². The van der Waals surface area contributed by atoms with Crippen LogP contribution in [-0.4, -0.2) is 170 Å². The molecule has 2 aromatic rings. The Labute approximate surface area is 429 Å². The monoisotopic (exact) mass is 1030 g/mol. The van der Waals surface area contributed by atoms with Gasteiger partial charge in [-0.25, -0.2) is 0 Å². The zero-order valence-electron chi connectivity index (χ0n) is 44.8. The zero-order chi connectivity index (χ0) is 53.7. The maximum atomic E-state index is 14.7. The molecule has 410 valence electrons. The Kier molecular flexibility index (Phi) is 19.5. The predicted molar refractivity (Wildman–Crippen MR) is 267 cm³/mol. The van der Waals surface area contributed by atoms with Crippen LogP contribution in [0.2, 0.25) is 0 Å². The minimum atomic E-state index is -1.80. The molecule has 2 bridgehead atoms. The van der Waals surface area contributed by atoms with E-state index in [1.807, 2.05) is 45.8 Å². The van der Waals surface area contributed by atoms with E-state index in [1.165, 1.54) is 19.2 Å². The summed E-state index contributed by atoms with van der Waals surface area (Å²) in [5.74, 6) is -3.70. The summed E-state index contributed by atoms with van der Waals surface area (Å²) >= 11 is 0. The molecular weight excluding hydrogens is 949 g/mol. The third kappa shape index (κ3) is 13.4. The van der Waals surface area contributed by atoms with Crippen LogP contribution < -0.4 is 0 Å². The summed E-state index contributed by atoms with van der Waals surface area (Å²) in [6.45, 7) is 23.1. The van der Waals surface area contributed by atoms with Crippen LogP contribution in [0, 0.1) is 38.7 Å². The van der Waals surface area contributed by atoms with Crippen molar-refractivity contribution in [1.82, 2.24) is 19.9 Å². The fourth-order valence-corrected chi connectivity index (χ4v) is 11.7. The van der Waals surface area contributed by atoms with Gasteiger partial charge in [-0.3, -0.25) is 19.6 Å². The number of nitroso groups, excluding NO2 is 1. The molecule has 4 aliphatic heterocycles. The number of nitro benzene ring substituents is 1. The number of methoxy groups -OCH3 is 1. The van der Waals surface area contributed by atoms with Gasteiger partial charge in [-0.1, -0.05) is 56.8 Å². The molecule has 21 nitrogen and oxygen atoms in total. The van der Waals surface area contributed by atoms with Crippen LogP contribution >= 0.6 is 0 Å². The zero-order valence-corrected chi connectivity index (χ0v) is 44.8. The lowest BCUT2D eigenvalue weighted by Gasteiger charge is -2.50. The first-order valence-electron chi connectivity index (χ1n) is 25.9. The first-order valence-corrected chi connectivity index (χ1v) is 25.9. The number of cyclic esters (lactones) is 1. The molecule has 6 rings (SSSR count). The average molecular weight is 1030 g/mol. The van der Waals surface area contributed by atoms with Crippen molar-refractivity contribution >= 4 is 11.7 Å². The molecule has 1 aromatic carbocycles. The number of ether oxygens (including phenoxy) is 8. The Hall–Kier alpha value is -3.87. The number of likely N-dealkylation sites (N-methyl/N-ethyl adjacent to an activating group) is 1. The van der Waals surface area contributed by atoms with E-state index >= 15 is 0 Å². The Bertz CT molecular complexity index is 2170. The van der Waals surface area contributed by atoms with Crippen LogP contribution in [0.5, 0.6) is 0 Å². The number of benzene rings is 1. The minimum absolute atomic E-state index is 0.0171. The van der Waals surface area contributed by atoms with Crippen molar-refractivity contribution in [2.45, 2.75) is 205 Å². The number of hydrogen-bond acceptors (Lipinski definition) is 19. The van der Waals surface area contributed by atoms with Crippen molar-refractivity contribution in [3.63, 3.8) is 0 Å². The molecule has 21 heteroatoms. The van der Waals surface area contributed by atoms with E-state index < -0.39 is 119 Å². The number of carbonyl (C=O) groups is 1. The molecule has 0 amide bonds. The summed E-state index contributed by atoms with van der Waals surface area (Å²) in [6, 6.07) is 5.06. The summed E-state index contributed by atoms with van der Waals surface area (Å²) in [5, 5.41) is 59.5. The van der Waals surface area contributed by atoms with Gasteiger partial charge in [-0.2, -0.15) is 4.91 Å². The number of nitrogens with zero attached hydrogens (tertiary/aromatic N) is 6. The van der Waals surface area contributed by atoms with E-state index in [4.69, 9.17) is 37.9 Å². The van der Waals surface area contributed by atoms with Gasteiger partial charge >= 0.3 is 5.97 Å². The highest BCUT2D eigenvalue weighted by molar-refractivity contribution is 5.73. The maximum absolute atomic E-state index is 14.7. The Morgan fingerprint density at radius 1 is 1.01 bits per heavy atom. The largest absolute Gasteiger partial charge is 0.459 e. The molecule has 4 saturated heterocycles. The number of nitro groups is 1. The molecular formula is C52H82N6O15. The van der Waals surface area contributed by atoms with Gasteiger partial charge in [-0.15, -0.1) is 5.10 Å². The second-order valence-electron chi connectivity index (χ2n) is 22.0. The smallest absolute Gasteiger partial charge is 0.311 e. The number of aromatic nitrogens is 3. The molecule has 2 unspecified atom stereocenters. The molecule has 0 spiro atoms. The van der Waals surface area contributed by atoms with Crippen molar-refractivity contribution in [3.8, 4) is 0 Å². The van der Waals surface area contributed by atoms with Gasteiger partial charge in [0.25, 0.3) is 5.69 Å². The highest BCUT2D eigenvalue weighted by atomic mass is 16.7. The quantitative estimate of drug-likeness (QED) is 0.0670. The van der Waals surface area contributed by atoms with Crippen LogP contribution in [0.25, 0.3) is 0 Å². The van der Waals surface area contributed by atoms with E-state index in [-0.39, 0.29) is 44.3 Å². The van der Waals surface area contributed by atoms with Gasteiger partial charge < -0.3 is 58.1 Å². The predicted octanol–water partition coefficient (Wildman–Crippen LogP) is 5.33. The van der Waals surface area contributed by atoms with Crippen LogP contribution in [-0.2, 0) is 62.1 Å². The fraction of sp³-hybridized carbons (Fsp3) is 0.788. The number of carbonyl (C=O) groups excluding carboxylic acids is 1. The highest BCUT2D eigenvalue weighted by Crippen LogP contribution is 2.44. The van der Waals surface area contributed by atoms with Crippen LogP contribution in [0.15, 0.2) is 47.8 Å². The Morgan fingerprint density at radius 3 is 2.36 bits per heavy atom. The molecule has 0 aliphatic carbocycles. The Morgan fingerprint density at radius 2 is 1.71 bits per heavy atom. The number of rotatable bonds is 15. The highest BCUT2D eigenvalue weighted by Gasteiger charge is 2.55. The normalized spacial score (nSPS) is 40.3. The number of aliphatic hydroxyl groups is 3. The first-order chi connectivity index (χ1) is 34.4. The maximum Gasteiger partial charge on any atom is 0.311 e. The standard InChI is InChI=1S/C52H82N6O15/c1-14-40-52(11,62)47-32(5)42(54-63)30(3)24-51(10,68-28-29(2)27-67-47)46(33(6)44(34(7)48(61)71-40)72-41-25-50(9,66-13)45(60)35(8)70-41)73-49-43(59)39(23-31(4)69-49)56(12)21-20-37-26-57(55-53-37)22-19-36-15-17-38(18-16-36)58(64)65/h15-18,26,30-35,39-47,49,59-60,62H,2,14,19-25,27-28H2,1,3-13H3/t30-,31-,32+,33+,34-,35+,39+,40-,41?,42?,43-,44+,45+,46-,47-,49+,50-,51-,52-/m1/s1. The number of aliphatic hydroxyl groups excluding tert-OH is 2. The van der Waals surface area contributed by atoms with Gasteiger partial charge in [0.15, 0.2) is 12.6 Å². The number of hydrogen-bond donors (Lipinski definition) is 3. The lowest BCUT2D eigenvalue weighted by Crippen LogP contribution is -2.62. The van der Waals surface area contributed by atoms with Gasteiger partial charge in [0.2, 0.25) is 0 Å². The molecule has 5 heterocycles. The topological polar surface area (TPSA) is 258 Å². The number of aryl methyl sites for hydroxylation is 2. The first kappa shape index (κ1) is 58.4. The number of fused-ring (bicyclic) bond motifs is 5. The summed E-state index contributed by atoms with van der Waals surface area (Å²) in [5.41, 5.74) is -1.96. The molecule has 3 N–H and O–H groups in total. The van der Waals surface area contributed by atoms with E-state index in [1.54, 1.807) is 58.4 Å². The molecule has 0 radical (unpaired) electrons. The molecule has 73 heavy (non-hydrogen) atoms.